The van der Waals surface area contributed by atoms with Crippen LogP contribution >= 0.6 is 0 Å². The average molecular weight is 1050 g/mol. The summed E-state index contributed by atoms with van der Waals surface area (Å²) in [5.74, 6) is 0. The highest BCUT2D eigenvalue weighted by Gasteiger charge is 2.78. The fourth-order valence-corrected chi connectivity index (χ4v) is 199. The molecule has 2 heterocycles. The molecule has 0 aliphatic carbocycles. The van der Waals surface area contributed by atoms with Gasteiger partial charge in [-0.05, 0) is 40.9 Å². The summed E-state index contributed by atoms with van der Waals surface area (Å²) in [7, 11) is -23.8. The summed E-state index contributed by atoms with van der Waals surface area (Å²) < 4.78 is 9.73. The number of benzene rings is 1. The van der Waals surface area contributed by atoms with Gasteiger partial charge in [0.2, 0.25) is 8.17 Å². The minimum absolute atomic E-state index is 0.651. The van der Waals surface area contributed by atoms with Gasteiger partial charge in [0.05, 0.1) is 0 Å². The molecule has 0 saturated carbocycles. The Balaban J connectivity index is 3.16. The van der Waals surface area contributed by atoms with E-state index in [-0.39, 0.29) is 0 Å². The van der Waals surface area contributed by atoms with Crippen molar-refractivity contribution in [1.82, 2.24) is 0 Å². The van der Waals surface area contributed by atoms with Crippen molar-refractivity contribution in [1.29, 1.82) is 0 Å². The Hall–Kier alpha value is 0.713. The molecule has 1 nitrogen and oxygen atoms in total. The standard InChI is InChI=1S/C49H104OSi12/c1-39(2)61(46(52(7,8)9)53(10,11)12,47(54(13,14)15)55(16,17)18)51-45(43-34-31-41(5)32-35-43)44-36-33-42(6)37-38-60(44,50-51)62(40(3)4,48(56(19,20)21)57(22,23)24)49(58(25,26)27)59(28,29)30/h31-40,46-49H,1-30H3. The predicted molar refractivity (Wildman–Crippen MR) is 322 cm³/mol. The van der Waals surface area contributed by atoms with Gasteiger partial charge in [-0.3, -0.25) is 0 Å². The molecule has 1 aromatic rings. The third kappa shape index (κ3) is 10.5. The lowest BCUT2D eigenvalue weighted by Crippen LogP contribution is -2.82. The molecule has 354 valence electrons. The molecule has 0 spiro atoms. The van der Waals surface area contributed by atoms with E-state index in [4.69, 9.17) is 0 Å². The Labute approximate surface area is 400 Å². The van der Waals surface area contributed by atoms with Crippen LogP contribution in [0.4, 0.5) is 0 Å². The monoisotopic (exact) mass is 1040 g/mol. The van der Waals surface area contributed by atoms with E-state index in [0.717, 1.165) is 19.2 Å². The first kappa shape index (κ1) is 57.0. The summed E-state index contributed by atoms with van der Waals surface area (Å²) in [6.07, 6.45) is 8.11. The van der Waals surface area contributed by atoms with Crippen molar-refractivity contribution >= 4 is 101 Å². The molecule has 13 heteroatoms. The van der Waals surface area contributed by atoms with Crippen LogP contribution in [0.25, 0.3) is 0 Å². The largest absolute Gasteiger partial charge is 0.603 e. The first-order valence-corrected chi connectivity index (χ1v) is 63.4. The second kappa shape index (κ2) is 18.2. The Morgan fingerprint density at radius 1 is 0.452 bits per heavy atom. The SMILES string of the molecule is CC1=CC=C2C(c3ccc(C)cc3)=[Si]([Si](C(C)C)(C([Si](C)(C)C)[Si](C)(C)C)C([Si](C)(C)C)[Si](C)(C)C)O[Si]2([Si](C(C)C)(C([Si](C)(C)C)[Si](C)(C)C)C([Si](C)(C)C)[Si](C)(C)C)C=C1. The molecule has 0 fully saturated rings. The normalized spacial score (nSPS) is 19.6. The van der Waals surface area contributed by atoms with Crippen molar-refractivity contribution in [2.24, 2.45) is 0 Å². The second-order valence-corrected chi connectivity index (χ2v) is 101. The molecule has 0 amide bonds. The first-order chi connectivity index (χ1) is 27.3. The van der Waals surface area contributed by atoms with Crippen molar-refractivity contribution < 1.29 is 4.12 Å². The van der Waals surface area contributed by atoms with E-state index in [9.17, 15) is 4.12 Å². The Bertz CT molecular complexity index is 1760. The van der Waals surface area contributed by atoms with Gasteiger partial charge < -0.3 is 4.12 Å². The highest BCUT2D eigenvalue weighted by molar-refractivity contribution is 7.60. The molecule has 0 radical (unpaired) electrons. The van der Waals surface area contributed by atoms with E-state index in [1.807, 2.05) is 10.4 Å². The van der Waals surface area contributed by atoms with Gasteiger partial charge in [0.25, 0.3) is 7.83 Å². The third-order valence-corrected chi connectivity index (χ3v) is 121. The number of aryl methyl sites for hydroxylation is 1. The van der Waals surface area contributed by atoms with Gasteiger partial charge >= 0.3 is 0 Å². The van der Waals surface area contributed by atoms with Crippen LogP contribution in [0.3, 0.4) is 0 Å². The lowest BCUT2D eigenvalue weighted by atomic mass is 10.1. The van der Waals surface area contributed by atoms with Crippen molar-refractivity contribution in [2.45, 2.75) is 229 Å². The maximum Gasteiger partial charge on any atom is 0.272 e. The molecule has 1 unspecified atom stereocenters. The second-order valence-electron chi connectivity index (χ2n) is 30.1. The fourth-order valence-electron chi connectivity index (χ4n) is 17.2. The van der Waals surface area contributed by atoms with Crippen LogP contribution in [0.2, 0.25) is 187 Å². The Kier molecular flexibility index (Phi) is 16.8. The summed E-state index contributed by atoms with van der Waals surface area (Å²) in [6, 6.07) is 10.2. The van der Waals surface area contributed by atoms with Crippen LogP contribution in [0, 0.1) is 6.92 Å². The van der Waals surface area contributed by atoms with Gasteiger partial charge in [0.1, 0.15) is 15.2 Å². The molecule has 1 aromatic carbocycles. The molecular formula is C49H104OSi12. The lowest BCUT2D eigenvalue weighted by Gasteiger charge is -2.66. The zero-order chi connectivity index (χ0) is 48.8. The molecule has 1 atom stereocenters. The van der Waals surface area contributed by atoms with E-state index < -0.39 is 95.8 Å². The van der Waals surface area contributed by atoms with Crippen molar-refractivity contribution in [2.75, 3.05) is 0 Å². The highest BCUT2D eigenvalue weighted by atomic mass is 29.3. The van der Waals surface area contributed by atoms with E-state index >= 15 is 0 Å². The molecule has 2 aliphatic rings. The number of hydrogen-bond acceptors (Lipinski definition) is 1. The maximum atomic E-state index is 9.73. The zero-order valence-corrected chi connectivity index (χ0v) is 59.0. The zero-order valence-electron chi connectivity index (χ0n) is 47.0. The molecule has 0 N–H and O–H groups in total. The van der Waals surface area contributed by atoms with Crippen LogP contribution in [0.5, 0.6) is 0 Å². The fraction of sp³-hybridized carbons (Fsp3) is 0.735. The molecule has 0 bridgehead atoms. The number of rotatable bonds is 17. The molecule has 3 rings (SSSR count). The van der Waals surface area contributed by atoms with E-state index in [2.05, 4.69) is 247 Å². The third-order valence-electron chi connectivity index (χ3n) is 15.4. The van der Waals surface area contributed by atoms with Gasteiger partial charge in [0, 0.05) is 64.6 Å². The summed E-state index contributed by atoms with van der Waals surface area (Å²) >= 11 is 0. The first-order valence-electron chi connectivity index (χ1n) is 24.9. The summed E-state index contributed by atoms with van der Waals surface area (Å²) in [5.41, 5.74) is 8.72. The molecule has 0 saturated heterocycles. The lowest BCUT2D eigenvalue weighted by molar-refractivity contribution is 0.627. The molecule has 2 aliphatic heterocycles. The van der Waals surface area contributed by atoms with E-state index in [1.54, 1.807) is 5.56 Å². The predicted octanol–water partition coefficient (Wildman–Crippen LogP) is 17.0. The Morgan fingerprint density at radius 2 is 0.790 bits per heavy atom. The van der Waals surface area contributed by atoms with Gasteiger partial charge in [-0.1, -0.05) is 263 Å². The summed E-state index contributed by atoms with van der Waals surface area (Å²) in [4.78, 5) is 3.46. The number of hydrogen-bond donors (Lipinski definition) is 0. The van der Waals surface area contributed by atoms with Crippen molar-refractivity contribution in [3.63, 3.8) is 0 Å². The minimum Gasteiger partial charge on any atom is -0.603 e. The smallest absolute Gasteiger partial charge is 0.272 e. The summed E-state index contributed by atoms with van der Waals surface area (Å²) in [6.45, 7) is 84.3. The maximum absolute atomic E-state index is 9.73. The van der Waals surface area contributed by atoms with Crippen molar-refractivity contribution in [3.05, 3.63) is 70.1 Å². The molecular weight excluding hydrogens is 942 g/mol. The van der Waals surface area contributed by atoms with Gasteiger partial charge in [-0.25, -0.2) is 0 Å². The van der Waals surface area contributed by atoms with Crippen LogP contribution in [0.1, 0.15) is 45.7 Å². The van der Waals surface area contributed by atoms with Crippen LogP contribution in [-0.2, 0) is 4.12 Å². The van der Waals surface area contributed by atoms with Gasteiger partial charge in [-0.15, -0.1) is 0 Å². The van der Waals surface area contributed by atoms with E-state index in [1.165, 1.54) is 11.1 Å². The van der Waals surface area contributed by atoms with Crippen LogP contribution in [0.15, 0.2) is 59.0 Å². The average Bonchev–Trinajstić information content (AvgIpc) is 3.22. The Morgan fingerprint density at radius 3 is 1.08 bits per heavy atom. The highest BCUT2D eigenvalue weighted by Crippen LogP contribution is 2.65. The number of fused-ring (bicyclic) bond motifs is 1. The topological polar surface area (TPSA) is 9.23 Å². The molecule has 0 aromatic heterocycles. The van der Waals surface area contributed by atoms with Crippen molar-refractivity contribution in [3.8, 4) is 0 Å². The van der Waals surface area contributed by atoms with Crippen LogP contribution < -0.4 is 0 Å². The molecule has 62 heavy (non-hydrogen) atoms. The minimum atomic E-state index is -2.94. The van der Waals surface area contributed by atoms with Gasteiger partial charge in [-0.2, -0.15) is 0 Å². The summed E-state index contributed by atoms with van der Waals surface area (Å²) in [5, 5.41) is 3.65. The quantitative estimate of drug-likeness (QED) is 0.141. The number of allylic oxidation sites excluding steroid dienone is 5. The van der Waals surface area contributed by atoms with E-state index in [0.29, 0.717) is 11.1 Å². The van der Waals surface area contributed by atoms with Gasteiger partial charge in [0.15, 0.2) is 0 Å². The van der Waals surface area contributed by atoms with Crippen LogP contribution in [-0.4, -0.2) is 101 Å².